The van der Waals surface area contributed by atoms with Gasteiger partial charge in [0.25, 0.3) is 5.91 Å². The van der Waals surface area contributed by atoms with Crippen LogP contribution in [0.1, 0.15) is 23.7 Å². The van der Waals surface area contributed by atoms with Crippen molar-refractivity contribution in [3.05, 3.63) is 53.2 Å². The number of carbonyl (C=O) groups is 1. The van der Waals surface area contributed by atoms with Gasteiger partial charge in [-0.05, 0) is 24.6 Å². The molecule has 1 N–H and O–H groups in total. The lowest BCUT2D eigenvalue weighted by atomic mass is 10.2. The van der Waals surface area contributed by atoms with Gasteiger partial charge < -0.3 is 10.2 Å². The Morgan fingerprint density at radius 3 is 2.67 bits per heavy atom. The zero-order valence-corrected chi connectivity index (χ0v) is 12.9. The first-order valence-corrected chi connectivity index (χ1v) is 7.23. The zero-order valence-electron chi connectivity index (χ0n) is 12.1. The molecule has 0 saturated carbocycles. The molecule has 0 aliphatic rings. The predicted octanol–water partition coefficient (Wildman–Crippen LogP) is 3.83. The molecule has 0 bridgehead atoms. The van der Waals surface area contributed by atoms with E-state index in [-0.39, 0.29) is 5.91 Å². The van der Waals surface area contributed by atoms with Gasteiger partial charge in [0, 0.05) is 25.5 Å². The monoisotopic (exact) mass is 303 g/mol. The van der Waals surface area contributed by atoms with Crippen LogP contribution in [0.3, 0.4) is 0 Å². The molecular formula is C16H18ClN3O. The highest BCUT2D eigenvalue weighted by Crippen LogP contribution is 2.22. The smallest absolute Gasteiger partial charge is 0.259 e. The van der Waals surface area contributed by atoms with Crippen molar-refractivity contribution in [2.24, 2.45) is 0 Å². The average molecular weight is 304 g/mol. The standard InChI is InChI=1S/C16H18ClN3O/c1-3-9-18-15-14(17)10-12(11-19-15)16(21)20(2)13-7-5-4-6-8-13/h4-8,10-11H,3,9H2,1-2H3,(H,18,19). The lowest BCUT2D eigenvalue weighted by molar-refractivity contribution is 0.0992. The van der Waals surface area contributed by atoms with Crippen molar-refractivity contribution in [2.45, 2.75) is 13.3 Å². The molecule has 0 atom stereocenters. The van der Waals surface area contributed by atoms with E-state index in [2.05, 4.69) is 17.2 Å². The zero-order chi connectivity index (χ0) is 15.2. The van der Waals surface area contributed by atoms with Gasteiger partial charge in [0.2, 0.25) is 0 Å². The highest BCUT2D eigenvalue weighted by Gasteiger charge is 2.15. The van der Waals surface area contributed by atoms with Crippen LogP contribution in [0.15, 0.2) is 42.6 Å². The topological polar surface area (TPSA) is 45.2 Å². The van der Waals surface area contributed by atoms with E-state index in [9.17, 15) is 4.79 Å². The summed E-state index contributed by atoms with van der Waals surface area (Å²) in [6, 6.07) is 11.1. The summed E-state index contributed by atoms with van der Waals surface area (Å²) in [7, 11) is 1.73. The van der Waals surface area contributed by atoms with Crippen LogP contribution in [-0.2, 0) is 0 Å². The summed E-state index contributed by atoms with van der Waals surface area (Å²) < 4.78 is 0. The summed E-state index contributed by atoms with van der Waals surface area (Å²) in [5, 5.41) is 3.58. The normalized spacial score (nSPS) is 10.2. The molecule has 110 valence electrons. The number of rotatable bonds is 5. The summed E-state index contributed by atoms with van der Waals surface area (Å²) in [4.78, 5) is 18.2. The molecule has 0 unspecified atom stereocenters. The van der Waals surface area contributed by atoms with Gasteiger partial charge >= 0.3 is 0 Å². The third-order valence-corrected chi connectivity index (χ3v) is 3.37. The SMILES string of the molecule is CCCNc1ncc(C(=O)N(C)c2ccccc2)cc1Cl. The number of pyridine rings is 1. The van der Waals surface area contributed by atoms with E-state index in [0.29, 0.717) is 16.4 Å². The molecule has 0 fully saturated rings. The maximum absolute atomic E-state index is 12.4. The summed E-state index contributed by atoms with van der Waals surface area (Å²) in [6.07, 6.45) is 2.53. The summed E-state index contributed by atoms with van der Waals surface area (Å²) in [6.45, 7) is 2.86. The number of amides is 1. The summed E-state index contributed by atoms with van der Waals surface area (Å²) >= 11 is 6.16. The van der Waals surface area contributed by atoms with E-state index in [4.69, 9.17) is 11.6 Å². The number of para-hydroxylation sites is 1. The van der Waals surface area contributed by atoms with E-state index in [1.54, 1.807) is 24.2 Å². The Labute approximate surface area is 129 Å². The molecule has 1 aromatic carbocycles. The number of hydrogen-bond acceptors (Lipinski definition) is 3. The molecule has 1 amide bonds. The quantitative estimate of drug-likeness (QED) is 0.913. The van der Waals surface area contributed by atoms with Crippen LogP contribution < -0.4 is 10.2 Å². The molecule has 2 rings (SSSR count). The average Bonchev–Trinajstić information content (AvgIpc) is 2.53. The minimum atomic E-state index is -0.141. The Hall–Kier alpha value is -2.07. The maximum atomic E-state index is 12.4. The second-order valence-electron chi connectivity index (χ2n) is 4.68. The fourth-order valence-electron chi connectivity index (χ4n) is 1.89. The Morgan fingerprint density at radius 1 is 1.33 bits per heavy atom. The maximum Gasteiger partial charge on any atom is 0.259 e. The van der Waals surface area contributed by atoms with E-state index < -0.39 is 0 Å². The van der Waals surface area contributed by atoms with Gasteiger partial charge in [-0.25, -0.2) is 4.98 Å². The largest absolute Gasteiger partial charge is 0.369 e. The van der Waals surface area contributed by atoms with E-state index in [1.165, 1.54) is 0 Å². The van der Waals surface area contributed by atoms with Gasteiger partial charge in [-0.3, -0.25) is 4.79 Å². The van der Waals surface area contributed by atoms with Crippen molar-refractivity contribution in [1.82, 2.24) is 4.98 Å². The lowest BCUT2D eigenvalue weighted by Gasteiger charge is -2.17. The molecule has 0 spiro atoms. The summed E-state index contributed by atoms with van der Waals surface area (Å²) in [5.74, 6) is 0.468. The first-order chi connectivity index (χ1) is 10.1. The number of hydrogen-bond donors (Lipinski definition) is 1. The molecule has 2 aromatic rings. The second kappa shape index (κ2) is 7.09. The number of anilines is 2. The molecule has 0 aliphatic heterocycles. The number of halogens is 1. The highest BCUT2D eigenvalue weighted by molar-refractivity contribution is 6.33. The molecular weight excluding hydrogens is 286 g/mol. The predicted molar refractivity (Wildman–Crippen MR) is 87.2 cm³/mol. The van der Waals surface area contributed by atoms with Gasteiger partial charge in [0.05, 0.1) is 10.6 Å². The van der Waals surface area contributed by atoms with Crippen molar-refractivity contribution >= 4 is 29.0 Å². The highest BCUT2D eigenvalue weighted by atomic mass is 35.5. The van der Waals surface area contributed by atoms with Crippen molar-refractivity contribution in [1.29, 1.82) is 0 Å². The van der Waals surface area contributed by atoms with Crippen LogP contribution in [0.2, 0.25) is 5.02 Å². The van der Waals surface area contributed by atoms with Crippen molar-refractivity contribution in [3.8, 4) is 0 Å². The second-order valence-corrected chi connectivity index (χ2v) is 5.09. The molecule has 0 saturated heterocycles. The van der Waals surface area contributed by atoms with Crippen molar-refractivity contribution in [2.75, 3.05) is 23.8 Å². The Bertz CT molecular complexity index is 616. The van der Waals surface area contributed by atoms with E-state index in [0.717, 1.165) is 18.7 Å². The Morgan fingerprint density at radius 2 is 2.05 bits per heavy atom. The van der Waals surface area contributed by atoms with Gasteiger partial charge in [-0.2, -0.15) is 0 Å². The number of benzene rings is 1. The molecule has 21 heavy (non-hydrogen) atoms. The number of nitrogens with one attached hydrogen (secondary N) is 1. The van der Waals surface area contributed by atoms with Crippen molar-refractivity contribution in [3.63, 3.8) is 0 Å². The molecule has 0 aliphatic carbocycles. The number of aromatic nitrogens is 1. The molecule has 4 nitrogen and oxygen atoms in total. The van der Waals surface area contributed by atoms with E-state index >= 15 is 0 Å². The fourth-order valence-corrected chi connectivity index (χ4v) is 2.12. The number of nitrogens with zero attached hydrogens (tertiary/aromatic N) is 2. The number of carbonyl (C=O) groups excluding carboxylic acids is 1. The van der Waals surface area contributed by atoms with Crippen LogP contribution >= 0.6 is 11.6 Å². The van der Waals surface area contributed by atoms with E-state index in [1.807, 2.05) is 30.3 Å². The minimum absolute atomic E-state index is 0.141. The van der Waals surface area contributed by atoms with Gasteiger partial charge in [0.15, 0.2) is 0 Å². The Balaban J connectivity index is 2.18. The first-order valence-electron chi connectivity index (χ1n) is 6.86. The minimum Gasteiger partial charge on any atom is -0.369 e. The fraction of sp³-hybridized carbons (Fsp3) is 0.250. The van der Waals surface area contributed by atoms with Crippen LogP contribution in [0.25, 0.3) is 0 Å². The molecule has 1 aromatic heterocycles. The van der Waals surface area contributed by atoms with Crippen molar-refractivity contribution < 1.29 is 4.79 Å². The van der Waals surface area contributed by atoms with Crippen LogP contribution in [0, 0.1) is 0 Å². The molecule has 1 heterocycles. The van der Waals surface area contributed by atoms with Gasteiger partial charge in [-0.15, -0.1) is 0 Å². The third-order valence-electron chi connectivity index (χ3n) is 3.08. The van der Waals surface area contributed by atoms with Gasteiger partial charge in [0.1, 0.15) is 5.82 Å². The lowest BCUT2D eigenvalue weighted by Crippen LogP contribution is -2.26. The summed E-state index contributed by atoms with van der Waals surface area (Å²) in [5.41, 5.74) is 1.29. The first kappa shape index (κ1) is 15.3. The molecule has 5 heteroatoms. The Kier molecular flexibility index (Phi) is 5.17. The van der Waals surface area contributed by atoms with Crippen LogP contribution in [0.4, 0.5) is 11.5 Å². The molecule has 0 radical (unpaired) electrons. The van der Waals surface area contributed by atoms with Gasteiger partial charge in [-0.1, -0.05) is 36.7 Å². The van der Waals surface area contributed by atoms with Crippen LogP contribution in [0.5, 0.6) is 0 Å². The third kappa shape index (κ3) is 3.73. The van der Waals surface area contributed by atoms with Crippen LogP contribution in [-0.4, -0.2) is 24.5 Å².